The van der Waals surface area contributed by atoms with Crippen LogP contribution >= 0.6 is 0 Å². The third kappa shape index (κ3) is 3.92. The summed E-state index contributed by atoms with van der Waals surface area (Å²) in [6.45, 7) is 1.87. The largest absolute Gasteiger partial charge is 0.348 e. The number of amides is 1. The van der Waals surface area contributed by atoms with Crippen LogP contribution in [0.5, 0.6) is 0 Å². The van der Waals surface area contributed by atoms with Gasteiger partial charge < -0.3 is 5.32 Å². The zero-order valence-corrected chi connectivity index (χ0v) is 13.1. The molecule has 4 nitrogen and oxygen atoms in total. The Labute approximate surface area is 128 Å². The number of nitrogens with one attached hydrogen (secondary N) is 1. The quantitative estimate of drug-likeness (QED) is 0.941. The first kappa shape index (κ1) is 16.2. The first-order valence-corrected chi connectivity index (χ1v) is 8.50. The molecule has 0 aromatic heterocycles. The number of carbonyl (C=O) groups excluding carboxylic acids is 1. The smallest absolute Gasteiger partial charge is 0.251 e. The zero-order valence-electron chi connectivity index (χ0n) is 12.3. The van der Waals surface area contributed by atoms with Crippen LogP contribution in [0.4, 0.5) is 4.39 Å². The molecule has 0 fully saturated rings. The molecule has 0 atom stereocenters. The van der Waals surface area contributed by atoms with Gasteiger partial charge in [-0.1, -0.05) is 12.1 Å². The average molecular weight is 321 g/mol. The molecule has 1 N–H and O–H groups in total. The van der Waals surface area contributed by atoms with Crippen LogP contribution in [-0.2, 0) is 16.4 Å². The molecule has 0 saturated carbocycles. The molecular weight excluding hydrogens is 305 g/mol. The number of aryl methyl sites for hydroxylation is 1. The number of sulfone groups is 1. The van der Waals surface area contributed by atoms with Gasteiger partial charge >= 0.3 is 0 Å². The molecule has 0 radical (unpaired) electrons. The molecule has 0 saturated heterocycles. The van der Waals surface area contributed by atoms with E-state index < -0.39 is 9.84 Å². The van der Waals surface area contributed by atoms with Crippen molar-refractivity contribution in [2.75, 3.05) is 6.26 Å². The summed E-state index contributed by atoms with van der Waals surface area (Å²) in [6, 6.07) is 10.4. The monoisotopic (exact) mass is 321 g/mol. The Morgan fingerprint density at radius 1 is 1.14 bits per heavy atom. The van der Waals surface area contributed by atoms with Gasteiger partial charge in [-0.25, -0.2) is 12.8 Å². The van der Waals surface area contributed by atoms with Gasteiger partial charge in [0.2, 0.25) is 0 Å². The van der Waals surface area contributed by atoms with Crippen molar-refractivity contribution in [1.29, 1.82) is 0 Å². The number of benzene rings is 2. The Kier molecular flexibility index (Phi) is 4.61. The van der Waals surface area contributed by atoms with Crippen molar-refractivity contribution in [3.05, 3.63) is 65.0 Å². The van der Waals surface area contributed by atoms with E-state index in [0.717, 1.165) is 6.26 Å². The maximum absolute atomic E-state index is 13.4. The Hall–Kier alpha value is -2.21. The van der Waals surface area contributed by atoms with Crippen LogP contribution in [0.1, 0.15) is 21.5 Å². The van der Waals surface area contributed by atoms with Gasteiger partial charge in [-0.3, -0.25) is 4.79 Å². The lowest BCUT2D eigenvalue weighted by atomic mass is 10.1. The van der Waals surface area contributed by atoms with Crippen molar-refractivity contribution >= 4 is 15.7 Å². The maximum Gasteiger partial charge on any atom is 0.251 e. The Bertz CT molecular complexity index is 799. The van der Waals surface area contributed by atoms with Crippen LogP contribution in [0.25, 0.3) is 0 Å². The summed E-state index contributed by atoms with van der Waals surface area (Å²) < 4.78 is 36.1. The van der Waals surface area contributed by atoms with Crippen LogP contribution < -0.4 is 5.32 Å². The van der Waals surface area contributed by atoms with E-state index in [0.29, 0.717) is 16.7 Å². The van der Waals surface area contributed by atoms with E-state index >= 15 is 0 Å². The van der Waals surface area contributed by atoms with E-state index in [1.807, 2.05) is 0 Å². The minimum Gasteiger partial charge on any atom is -0.348 e. The first-order valence-electron chi connectivity index (χ1n) is 6.61. The number of hydrogen-bond acceptors (Lipinski definition) is 3. The topological polar surface area (TPSA) is 63.2 Å². The highest BCUT2D eigenvalue weighted by Gasteiger charge is 2.10. The molecule has 0 heterocycles. The van der Waals surface area contributed by atoms with Crippen molar-refractivity contribution in [3.63, 3.8) is 0 Å². The van der Waals surface area contributed by atoms with Gasteiger partial charge in [0, 0.05) is 18.4 Å². The molecule has 6 heteroatoms. The van der Waals surface area contributed by atoms with E-state index in [-0.39, 0.29) is 23.2 Å². The van der Waals surface area contributed by atoms with Crippen molar-refractivity contribution in [2.24, 2.45) is 0 Å². The zero-order chi connectivity index (χ0) is 16.3. The van der Waals surface area contributed by atoms with Crippen molar-refractivity contribution < 1.29 is 17.6 Å². The first-order chi connectivity index (χ1) is 10.3. The fourth-order valence-corrected chi connectivity index (χ4v) is 2.51. The SMILES string of the molecule is Cc1ccc(CNC(=O)c2ccc(S(C)(=O)=O)cc2)cc1F. The van der Waals surface area contributed by atoms with E-state index in [1.165, 1.54) is 30.3 Å². The molecule has 0 aliphatic carbocycles. The lowest BCUT2D eigenvalue weighted by Crippen LogP contribution is -2.22. The molecule has 0 unspecified atom stereocenters. The average Bonchev–Trinajstić information content (AvgIpc) is 2.47. The van der Waals surface area contributed by atoms with Gasteiger partial charge in [-0.2, -0.15) is 0 Å². The third-order valence-electron chi connectivity index (χ3n) is 3.23. The summed E-state index contributed by atoms with van der Waals surface area (Å²) in [4.78, 5) is 12.1. The molecule has 22 heavy (non-hydrogen) atoms. The van der Waals surface area contributed by atoms with E-state index in [4.69, 9.17) is 0 Å². The molecule has 1 amide bonds. The summed E-state index contributed by atoms with van der Waals surface area (Å²) in [5.74, 6) is -0.662. The van der Waals surface area contributed by atoms with Gasteiger partial charge in [0.05, 0.1) is 4.90 Å². The van der Waals surface area contributed by atoms with Crippen molar-refractivity contribution in [3.8, 4) is 0 Å². The van der Waals surface area contributed by atoms with Crippen LogP contribution in [0.15, 0.2) is 47.4 Å². The second-order valence-electron chi connectivity index (χ2n) is 5.06. The highest BCUT2D eigenvalue weighted by atomic mass is 32.2. The molecule has 0 aliphatic rings. The summed E-state index contributed by atoms with van der Waals surface area (Å²) in [5, 5.41) is 2.67. The fourth-order valence-electron chi connectivity index (χ4n) is 1.88. The predicted octanol–water partition coefficient (Wildman–Crippen LogP) is 2.47. The number of carbonyl (C=O) groups is 1. The molecule has 2 aromatic carbocycles. The molecule has 2 rings (SSSR count). The maximum atomic E-state index is 13.4. The summed E-state index contributed by atoms with van der Waals surface area (Å²) in [6.07, 6.45) is 1.11. The molecule has 0 bridgehead atoms. The second kappa shape index (κ2) is 6.27. The second-order valence-corrected chi connectivity index (χ2v) is 7.08. The van der Waals surface area contributed by atoms with Gasteiger partial charge in [-0.15, -0.1) is 0 Å². The molecule has 116 valence electrons. The Balaban J connectivity index is 2.04. The Morgan fingerprint density at radius 2 is 1.77 bits per heavy atom. The molecule has 0 spiro atoms. The van der Waals surface area contributed by atoms with Gasteiger partial charge in [-0.05, 0) is 48.4 Å². The molecular formula is C16H16FNO3S. The van der Waals surface area contributed by atoms with E-state index in [1.54, 1.807) is 19.1 Å². The number of hydrogen-bond donors (Lipinski definition) is 1. The third-order valence-corrected chi connectivity index (χ3v) is 4.36. The lowest BCUT2D eigenvalue weighted by Gasteiger charge is -2.07. The van der Waals surface area contributed by atoms with Crippen LogP contribution in [0.3, 0.4) is 0 Å². The molecule has 2 aromatic rings. The van der Waals surface area contributed by atoms with Crippen molar-refractivity contribution in [2.45, 2.75) is 18.4 Å². The summed E-state index contributed by atoms with van der Waals surface area (Å²) in [5.41, 5.74) is 1.55. The van der Waals surface area contributed by atoms with Crippen LogP contribution in [-0.4, -0.2) is 20.6 Å². The van der Waals surface area contributed by atoms with Crippen LogP contribution in [0.2, 0.25) is 0 Å². The number of halogens is 1. The highest BCUT2D eigenvalue weighted by Crippen LogP contribution is 2.11. The lowest BCUT2D eigenvalue weighted by molar-refractivity contribution is 0.0950. The normalized spacial score (nSPS) is 11.2. The fraction of sp³-hybridized carbons (Fsp3) is 0.188. The highest BCUT2D eigenvalue weighted by molar-refractivity contribution is 7.90. The Morgan fingerprint density at radius 3 is 2.32 bits per heavy atom. The van der Waals surface area contributed by atoms with Crippen molar-refractivity contribution in [1.82, 2.24) is 5.32 Å². The van der Waals surface area contributed by atoms with Crippen LogP contribution in [0, 0.1) is 12.7 Å². The van der Waals surface area contributed by atoms with Gasteiger partial charge in [0.25, 0.3) is 5.91 Å². The summed E-state index contributed by atoms with van der Waals surface area (Å²) in [7, 11) is -3.28. The summed E-state index contributed by atoms with van der Waals surface area (Å²) >= 11 is 0. The molecule has 0 aliphatic heterocycles. The standard InChI is InChI=1S/C16H16FNO3S/c1-11-3-4-12(9-15(11)17)10-18-16(19)13-5-7-14(8-6-13)22(2,20)21/h3-9H,10H2,1-2H3,(H,18,19). The minimum atomic E-state index is -3.28. The predicted molar refractivity (Wildman–Crippen MR) is 81.9 cm³/mol. The number of rotatable bonds is 4. The van der Waals surface area contributed by atoms with E-state index in [9.17, 15) is 17.6 Å². The van der Waals surface area contributed by atoms with Gasteiger partial charge in [0.1, 0.15) is 5.82 Å². The van der Waals surface area contributed by atoms with E-state index in [2.05, 4.69) is 5.32 Å². The van der Waals surface area contributed by atoms with Gasteiger partial charge in [0.15, 0.2) is 9.84 Å². The minimum absolute atomic E-state index is 0.157.